The van der Waals surface area contributed by atoms with Crippen LogP contribution in [0.2, 0.25) is 0 Å². The number of aryl methyl sites for hydroxylation is 1. The van der Waals surface area contributed by atoms with Crippen molar-refractivity contribution in [3.63, 3.8) is 0 Å². The van der Waals surface area contributed by atoms with Gasteiger partial charge in [-0.25, -0.2) is 0 Å². The summed E-state index contributed by atoms with van der Waals surface area (Å²) in [6.45, 7) is 10.4. The Balaban J connectivity index is 1.23. The van der Waals surface area contributed by atoms with E-state index in [1.54, 1.807) is 12.0 Å². The molecule has 0 spiro atoms. The van der Waals surface area contributed by atoms with Gasteiger partial charge in [0.25, 0.3) is 5.89 Å². The highest BCUT2D eigenvalue weighted by Crippen LogP contribution is 2.20. The Morgan fingerprint density at radius 1 is 0.935 bits per heavy atom. The van der Waals surface area contributed by atoms with Gasteiger partial charge in [0.1, 0.15) is 50.8 Å². The number of nitrogens with zero attached hydrogens (tertiary/aromatic N) is 2. The summed E-state index contributed by atoms with van der Waals surface area (Å²) in [6.07, 6.45) is 0. The summed E-state index contributed by atoms with van der Waals surface area (Å²) in [4.78, 5) is 3.08. The number of piperazine rings is 1. The van der Waals surface area contributed by atoms with Crippen molar-refractivity contribution in [1.82, 2.24) is 10.2 Å². The second-order valence-electron chi connectivity index (χ2n) is 8.22. The van der Waals surface area contributed by atoms with E-state index >= 15 is 0 Å². The number of rotatable bonds is 8. The molecule has 1 atom stereocenters. The third-order valence-electron chi connectivity index (χ3n) is 6.11. The van der Waals surface area contributed by atoms with Crippen molar-refractivity contribution >= 4 is 0 Å². The second-order valence-corrected chi connectivity index (χ2v) is 8.22. The first-order valence-electron chi connectivity index (χ1n) is 11.0. The molecular weight excluding hydrogens is 392 g/mol. The van der Waals surface area contributed by atoms with Crippen molar-refractivity contribution in [3.8, 4) is 23.0 Å². The summed E-state index contributed by atoms with van der Waals surface area (Å²) in [5, 5.41) is 8.60. The molecule has 0 amide bonds. The van der Waals surface area contributed by atoms with Crippen molar-refractivity contribution < 1.29 is 23.7 Å². The number of aromatic nitrogens is 2. The lowest BCUT2D eigenvalue weighted by Crippen LogP contribution is -3.28. The van der Waals surface area contributed by atoms with Gasteiger partial charge in [0.05, 0.1) is 7.11 Å². The SMILES string of the molecule is COc1ccc(OCC[NH+]2CC[NH+]([C@H](C)c3nnc(-c4ccc(C)cc4)o3)CC2)cc1. The van der Waals surface area contributed by atoms with Gasteiger partial charge in [-0.15, -0.1) is 10.2 Å². The lowest BCUT2D eigenvalue weighted by atomic mass is 10.1. The van der Waals surface area contributed by atoms with E-state index in [1.807, 2.05) is 36.4 Å². The van der Waals surface area contributed by atoms with E-state index in [2.05, 4.69) is 36.2 Å². The van der Waals surface area contributed by atoms with E-state index in [9.17, 15) is 0 Å². The van der Waals surface area contributed by atoms with E-state index in [1.165, 1.54) is 10.5 Å². The monoisotopic (exact) mass is 424 g/mol. The Bertz CT molecular complexity index is 948. The fourth-order valence-corrected chi connectivity index (χ4v) is 3.99. The Labute approximate surface area is 183 Å². The lowest BCUT2D eigenvalue weighted by Gasteiger charge is -2.31. The Morgan fingerprint density at radius 2 is 1.61 bits per heavy atom. The zero-order valence-corrected chi connectivity index (χ0v) is 18.6. The van der Waals surface area contributed by atoms with Crippen LogP contribution >= 0.6 is 0 Å². The Kier molecular flexibility index (Phi) is 6.84. The summed E-state index contributed by atoms with van der Waals surface area (Å²) < 4.78 is 17.1. The molecule has 1 fully saturated rings. The van der Waals surface area contributed by atoms with Crippen LogP contribution in [0.5, 0.6) is 11.5 Å². The van der Waals surface area contributed by atoms with E-state index in [0.717, 1.165) is 62.3 Å². The third kappa shape index (κ3) is 5.42. The summed E-state index contributed by atoms with van der Waals surface area (Å²) in [5.74, 6) is 3.05. The number of ether oxygens (including phenoxy) is 2. The van der Waals surface area contributed by atoms with Crippen molar-refractivity contribution in [2.45, 2.75) is 19.9 Å². The predicted octanol–water partition coefficient (Wildman–Crippen LogP) is 0.977. The van der Waals surface area contributed by atoms with Crippen LogP contribution in [0.25, 0.3) is 11.5 Å². The maximum Gasteiger partial charge on any atom is 0.274 e. The van der Waals surface area contributed by atoms with Crippen molar-refractivity contribution in [1.29, 1.82) is 0 Å². The molecule has 2 heterocycles. The first-order chi connectivity index (χ1) is 15.1. The standard InChI is InChI=1S/C24H30N4O3/c1-18-4-6-20(7-5-18)24-26-25-23(31-24)19(2)28-14-12-27(13-15-28)16-17-30-22-10-8-21(29-3)9-11-22/h4-11,19H,12-17H2,1-3H3/p+2/t19-/m1/s1. The Hall–Kier alpha value is -2.90. The van der Waals surface area contributed by atoms with Crippen LogP contribution in [0.15, 0.2) is 52.9 Å². The van der Waals surface area contributed by atoms with Gasteiger partial charge < -0.3 is 23.7 Å². The van der Waals surface area contributed by atoms with Gasteiger partial charge in [0.2, 0.25) is 5.89 Å². The van der Waals surface area contributed by atoms with Crippen LogP contribution in [-0.4, -0.2) is 56.6 Å². The zero-order valence-electron chi connectivity index (χ0n) is 18.6. The quantitative estimate of drug-likeness (QED) is 0.564. The largest absolute Gasteiger partial charge is 0.497 e. The van der Waals surface area contributed by atoms with E-state index in [0.29, 0.717) is 5.89 Å². The predicted molar refractivity (Wildman–Crippen MR) is 118 cm³/mol. The molecule has 0 aliphatic carbocycles. The van der Waals surface area contributed by atoms with Crippen LogP contribution in [0.3, 0.4) is 0 Å². The maximum atomic E-state index is 6.00. The first-order valence-corrected chi connectivity index (χ1v) is 11.0. The number of hydrogen-bond acceptors (Lipinski definition) is 5. The molecule has 3 aromatic rings. The van der Waals surface area contributed by atoms with Gasteiger partial charge in [0, 0.05) is 5.56 Å². The second kappa shape index (κ2) is 9.94. The molecule has 1 aliphatic heterocycles. The lowest BCUT2D eigenvalue weighted by molar-refractivity contribution is -1.03. The minimum atomic E-state index is 0.198. The molecule has 1 aliphatic rings. The number of methoxy groups -OCH3 is 1. The van der Waals surface area contributed by atoms with Crippen molar-refractivity contribution in [3.05, 3.63) is 60.0 Å². The average Bonchev–Trinajstić information content (AvgIpc) is 3.30. The molecule has 4 rings (SSSR count). The molecule has 0 unspecified atom stereocenters. The average molecular weight is 425 g/mol. The van der Waals surface area contributed by atoms with Crippen LogP contribution in [0.1, 0.15) is 24.4 Å². The minimum Gasteiger partial charge on any atom is -0.497 e. The van der Waals surface area contributed by atoms with E-state index in [4.69, 9.17) is 13.9 Å². The molecule has 1 aromatic heterocycles. The molecule has 0 saturated carbocycles. The highest BCUT2D eigenvalue weighted by atomic mass is 16.5. The highest BCUT2D eigenvalue weighted by molar-refractivity contribution is 5.52. The van der Waals surface area contributed by atoms with E-state index < -0.39 is 0 Å². The number of hydrogen-bond donors (Lipinski definition) is 2. The molecule has 2 N–H and O–H groups in total. The molecule has 2 aromatic carbocycles. The smallest absolute Gasteiger partial charge is 0.274 e. The molecule has 164 valence electrons. The van der Waals surface area contributed by atoms with Gasteiger partial charge in [-0.3, -0.25) is 0 Å². The van der Waals surface area contributed by atoms with Gasteiger partial charge in [0.15, 0.2) is 6.04 Å². The summed E-state index contributed by atoms with van der Waals surface area (Å²) >= 11 is 0. The van der Waals surface area contributed by atoms with Crippen molar-refractivity contribution in [2.75, 3.05) is 46.4 Å². The van der Waals surface area contributed by atoms with Crippen LogP contribution < -0.4 is 19.3 Å². The minimum absolute atomic E-state index is 0.198. The molecule has 0 bridgehead atoms. The zero-order chi connectivity index (χ0) is 21.6. The molecule has 0 radical (unpaired) electrons. The fourth-order valence-electron chi connectivity index (χ4n) is 3.99. The maximum absolute atomic E-state index is 6.00. The van der Waals surface area contributed by atoms with Gasteiger partial charge in [-0.1, -0.05) is 17.7 Å². The van der Waals surface area contributed by atoms with Gasteiger partial charge >= 0.3 is 0 Å². The van der Waals surface area contributed by atoms with Crippen molar-refractivity contribution in [2.24, 2.45) is 0 Å². The number of benzene rings is 2. The summed E-state index contributed by atoms with van der Waals surface area (Å²) in [7, 11) is 1.67. The highest BCUT2D eigenvalue weighted by Gasteiger charge is 2.31. The van der Waals surface area contributed by atoms with Crippen LogP contribution in [0.4, 0.5) is 0 Å². The Morgan fingerprint density at radius 3 is 2.29 bits per heavy atom. The summed E-state index contributed by atoms with van der Waals surface area (Å²) in [5.41, 5.74) is 2.19. The first kappa shape index (κ1) is 21.3. The van der Waals surface area contributed by atoms with E-state index in [-0.39, 0.29) is 6.04 Å². The van der Waals surface area contributed by atoms with Crippen LogP contribution in [-0.2, 0) is 0 Å². The molecular formula is C24H32N4O3+2. The number of quaternary nitrogens is 2. The van der Waals surface area contributed by atoms with Gasteiger partial charge in [-0.05, 0) is 50.2 Å². The van der Waals surface area contributed by atoms with Crippen LogP contribution in [0, 0.1) is 6.92 Å². The molecule has 7 nitrogen and oxygen atoms in total. The molecule has 7 heteroatoms. The normalized spacial score (nSPS) is 19.7. The fraction of sp³-hybridized carbons (Fsp3) is 0.417. The molecule has 1 saturated heterocycles. The number of nitrogens with one attached hydrogen (secondary N) is 2. The topological polar surface area (TPSA) is 66.3 Å². The summed E-state index contributed by atoms with van der Waals surface area (Å²) in [6, 6.07) is 16.1. The molecule has 31 heavy (non-hydrogen) atoms. The third-order valence-corrected chi connectivity index (χ3v) is 6.11. The van der Waals surface area contributed by atoms with Gasteiger partial charge in [-0.2, -0.15) is 0 Å².